The molecule has 93 heavy (non-hydrogen) atoms. The number of halogens is 3. The van der Waals surface area contributed by atoms with Gasteiger partial charge < -0.3 is 27.0 Å². The third-order valence-electron chi connectivity index (χ3n) is 11.8. The minimum absolute atomic E-state index is 0.143. The van der Waals surface area contributed by atoms with Gasteiger partial charge in [-0.3, -0.25) is 19.0 Å². The first-order valence-corrected chi connectivity index (χ1v) is 36.0. The fourth-order valence-corrected chi connectivity index (χ4v) is 11.6. The number of aryl methyl sites for hydroxylation is 4. The molecular formula is C67H65ClI2N6O13S4. The van der Waals surface area contributed by atoms with Crippen molar-refractivity contribution in [2.24, 2.45) is 0 Å². The summed E-state index contributed by atoms with van der Waals surface area (Å²) < 4.78 is 105. The van der Waals surface area contributed by atoms with Crippen LogP contribution in [0.15, 0.2) is 263 Å². The quantitative estimate of drug-likeness (QED) is 0.0193. The molecule has 0 aliphatic rings. The molecule has 19 nitrogen and oxygen atoms in total. The van der Waals surface area contributed by atoms with Crippen molar-refractivity contribution in [2.75, 3.05) is 31.0 Å². The van der Waals surface area contributed by atoms with E-state index in [1.165, 1.54) is 27.9 Å². The molecule has 0 unspecified atom stereocenters. The number of amides is 1. The van der Waals surface area contributed by atoms with Crippen LogP contribution in [0.25, 0.3) is 12.2 Å². The highest BCUT2D eigenvalue weighted by atomic mass is 127. The molecule has 0 aliphatic carbocycles. The van der Waals surface area contributed by atoms with Crippen LogP contribution in [-0.2, 0) is 53.5 Å². The Kier molecular flexibility index (Phi) is 30.5. The zero-order valence-corrected chi connectivity index (χ0v) is 58.5. The Labute approximate surface area is 574 Å². The summed E-state index contributed by atoms with van der Waals surface area (Å²) in [6.45, 7) is 10.5. The Bertz CT molecular complexity index is 4460. The van der Waals surface area contributed by atoms with Crippen molar-refractivity contribution in [3.05, 3.63) is 284 Å². The fourth-order valence-electron chi connectivity index (χ4n) is 6.93. The zero-order chi connectivity index (χ0) is 68.9. The Balaban J connectivity index is 0.000000256. The van der Waals surface area contributed by atoms with Crippen molar-refractivity contribution in [3.63, 3.8) is 0 Å². The first-order chi connectivity index (χ1) is 43.7. The van der Waals surface area contributed by atoms with Crippen LogP contribution < -0.4 is 31.0 Å². The van der Waals surface area contributed by atoms with Crippen LogP contribution in [0.2, 0.25) is 0 Å². The molecule has 0 aliphatic heterocycles. The molecule has 0 bridgehead atoms. The van der Waals surface area contributed by atoms with E-state index in [2.05, 4.69) is 71.2 Å². The number of carbonyl (C=O) groups is 3. The summed E-state index contributed by atoms with van der Waals surface area (Å²) in [6, 6.07) is 61.4. The molecule has 26 heteroatoms. The van der Waals surface area contributed by atoms with E-state index < -0.39 is 51.1 Å². The largest absolute Gasteiger partial charge is 0.478 e. The highest BCUT2D eigenvalue weighted by Gasteiger charge is 2.16. The highest BCUT2D eigenvalue weighted by molar-refractivity contribution is 14.1. The van der Waals surface area contributed by atoms with Gasteiger partial charge in [0.2, 0.25) is 5.91 Å². The van der Waals surface area contributed by atoms with Crippen LogP contribution in [-0.4, -0.2) is 61.7 Å². The van der Waals surface area contributed by atoms with E-state index >= 15 is 0 Å². The number of sulfonamides is 3. The maximum Gasteiger partial charge on any atom is 0.328 e. The van der Waals surface area contributed by atoms with Gasteiger partial charge in [0.25, 0.3) is 39.1 Å². The molecule has 0 fully saturated rings. The minimum atomic E-state index is -3.65. The van der Waals surface area contributed by atoms with Gasteiger partial charge in [-0.05, 0) is 230 Å². The maximum atomic E-state index is 12.4. The van der Waals surface area contributed by atoms with Crippen molar-refractivity contribution in [2.45, 2.75) is 47.3 Å². The van der Waals surface area contributed by atoms with Crippen molar-refractivity contribution in [1.82, 2.24) is 0 Å². The van der Waals surface area contributed by atoms with Crippen molar-refractivity contribution in [3.8, 4) is 0 Å². The lowest BCUT2D eigenvalue weighted by Crippen LogP contribution is -2.12. The van der Waals surface area contributed by atoms with Gasteiger partial charge >= 0.3 is 11.9 Å². The van der Waals surface area contributed by atoms with E-state index in [0.29, 0.717) is 34.0 Å². The number of benzene rings is 9. The number of rotatable bonds is 16. The Morgan fingerprint density at radius 3 is 1.03 bits per heavy atom. The summed E-state index contributed by atoms with van der Waals surface area (Å²) in [5.74, 6) is -2.33. The predicted molar refractivity (Wildman–Crippen MR) is 389 cm³/mol. The van der Waals surface area contributed by atoms with Crippen LogP contribution in [0, 0.1) is 34.8 Å². The standard InChI is InChI=1S/C22H21N3O3S.C16H15NO4S.C13H12INO2S.C7H7ClO2S.C6H6IN.C3H4O2/c1-16-6-13-19(14-7-16)29(27,28)25-18-11-8-17(9-12-18)10-15-22(26)24-21-5-3-2-4-20(21)23;1-12-2-9-15(10-3-12)22(20,21)17-14-7-4-13(5-8-14)6-11-16(18)19;1-10-2-8-13(9-3-10)18(16,17)15-12-6-4-11(14)5-7-12;1-6-2-4-7(5-3-6)11(8,9)10;7-5-1-3-6(8)4-2-5;1-2-3(4)5/h2-15,25H,23H2,1H3,(H,24,26);2-11,17H,1H3,(H,18,19);2-9,15H,1H3;2-5H,1H3;1-4H,8H2;2H,1H2,(H,4,5)/b15-10+;11-6+;;;;. The van der Waals surface area contributed by atoms with Gasteiger partial charge in [0, 0.05) is 58.8 Å². The van der Waals surface area contributed by atoms with Crippen LogP contribution >= 0.6 is 55.9 Å². The molecule has 1 amide bonds. The first-order valence-electron chi connectivity index (χ1n) is 27.1. The molecule has 0 radical (unpaired) electrons. The molecule has 0 aromatic heterocycles. The predicted octanol–water partition coefficient (Wildman–Crippen LogP) is 14.4. The molecule has 0 spiro atoms. The smallest absolute Gasteiger partial charge is 0.328 e. The summed E-state index contributed by atoms with van der Waals surface area (Å²) in [6.07, 6.45) is 6.30. The molecule has 9 aromatic carbocycles. The summed E-state index contributed by atoms with van der Waals surface area (Å²) >= 11 is 4.41. The van der Waals surface area contributed by atoms with E-state index in [1.807, 2.05) is 64.1 Å². The molecule has 10 N–H and O–H groups in total. The Morgan fingerprint density at radius 2 is 0.731 bits per heavy atom. The lowest BCUT2D eigenvalue weighted by atomic mass is 10.2. The van der Waals surface area contributed by atoms with Crippen LogP contribution in [0.5, 0.6) is 0 Å². The second-order valence-corrected chi connectivity index (χ2v) is 29.5. The molecule has 0 heterocycles. The summed E-state index contributed by atoms with van der Waals surface area (Å²) in [7, 11) is -9.24. The highest BCUT2D eigenvalue weighted by Crippen LogP contribution is 2.22. The van der Waals surface area contributed by atoms with Gasteiger partial charge in [0.05, 0.1) is 31.0 Å². The first kappa shape index (κ1) is 76.6. The van der Waals surface area contributed by atoms with E-state index in [1.54, 1.807) is 176 Å². The van der Waals surface area contributed by atoms with E-state index in [9.17, 15) is 48.1 Å². The second-order valence-electron chi connectivity index (χ2n) is 19.4. The molecular weight excluding hydrogens is 1510 g/mol. The lowest BCUT2D eigenvalue weighted by molar-refractivity contribution is -0.132. The number of anilines is 6. The third-order valence-corrected chi connectivity index (χ3v) is 18.8. The van der Waals surface area contributed by atoms with Gasteiger partial charge in [0.15, 0.2) is 0 Å². The number of aliphatic carboxylic acids is 2. The molecule has 9 rings (SSSR count). The summed E-state index contributed by atoms with van der Waals surface area (Å²) in [5, 5.41) is 18.9. The number of carboxylic acids is 2. The topological polar surface area (TPSA) is 328 Å². The fraction of sp³-hybridized carbons (Fsp3) is 0.0597. The van der Waals surface area contributed by atoms with Gasteiger partial charge in [-0.25, -0.2) is 43.3 Å². The van der Waals surface area contributed by atoms with Gasteiger partial charge in [0.1, 0.15) is 0 Å². The number of para-hydroxylation sites is 2. The minimum Gasteiger partial charge on any atom is -0.478 e. The van der Waals surface area contributed by atoms with Gasteiger partial charge in [-0.1, -0.05) is 114 Å². The number of hydrogen-bond donors (Lipinski definition) is 8. The van der Waals surface area contributed by atoms with Gasteiger partial charge in [-0.15, -0.1) is 0 Å². The monoisotopic (exact) mass is 1580 g/mol. The van der Waals surface area contributed by atoms with E-state index in [0.717, 1.165) is 49.2 Å². The van der Waals surface area contributed by atoms with Gasteiger partial charge in [-0.2, -0.15) is 0 Å². The lowest BCUT2D eigenvalue weighted by Gasteiger charge is -2.08. The number of carboxylic acid groups (broad SMARTS) is 2. The van der Waals surface area contributed by atoms with Crippen molar-refractivity contribution in [1.29, 1.82) is 0 Å². The Hall–Kier alpha value is -8.84. The zero-order valence-electron chi connectivity index (χ0n) is 50.2. The summed E-state index contributed by atoms with van der Waals surface area (Å²) in [5.41, 5.74) is 19.9. The third kappa shape index (κ3) is 29.1. The normalized spacial score (nSPS) is 10.9. The number of carbonyl (C=O) groups excluding carboxylic acids is 1. The summed E-state index contributed by atoms with van der Waals surface area (Å²) in [4.78, 5) is 32.5. The number of hydrogen-bond acceptors (Lipinski definition) is 13. The molecule has 0 saturated heterocycles. The Morgan fingerprint density at radius 1 is 0.430 bits per heavy atom. The molecule has 486 valence electrons. The van der Waals surface area contributed by atoms with Crippen LogP contribution in [0.1, 0.15) is 33.4 Å². The van der Waals surface area contributed by atoms with E-state index in [4.69, 9.17) is 32.4 Å². The second kappa shape index (κ2) is 37.0. The van der Waals surface area contributed by atoms with Crippen molar-refractivity contribution >= 4 is 159 Å². The number of nitrogen functional groups attached to an aromatic ring is 2. The number of nitrogens with one attached hydrogen (secondary N) is 4. The molecule has 9 aromatic rings. The van der Waals surface area contributed by atoms with Crippen LogP contribution in [0.4, 0.5) is 34.1 Å². The van der Waals surface area contributed by atoms with E-state index in [-0.39, 0.29) is 25.5 Å². The molecule has 0 atom stereocenters. The van der Waals surface area contributed by atoms with Crippen LogP contribution in [0.3, 0.4) is 0 Å². The molecule has 0 saturated carbocycles. The maximum absolute atomic E-state index is 12.4. The average Bonchev–Trinajstić information content (AvgIpc) is 0.933. The average molecular weight is 1580 g/mol. The van der Waals surface area contributed by atoms with Crippen molar-refractivity contribution < 1.29 is 58.3 Å². The number of nitrogens with two attached hydrogens (primary N) is 2. The SMILES string of the molecule is C=CC(=O)O.Cc1ccc(S(=O)(=O)Cl)cc1.Cc1ccc(S(=O)(=O)Nc2ccc(/C=C/C(=O)Nc3ccccc3N)cc2)cc1.Cc1ccc(S(=O)(=O)Nc2ccc(/C=C/C(=O)O)cc2)cc1.Cc1ccc(S(=O)(=O)Nc2ccc(I)cc2)cc1.Nc1ccc(I)cc1.